The van der Waals surface area contributed by atoms with Gasteiger partial charge in [0.25, 0.3) is 0 Å². The molecule has 48 heavy (non-hydrogen) atoms. The summed E-state index contributed by atoms with van der Waals surface area (Å²) in [6.07, 6.45) is 0.886. The zero-order valence-corrected chi connectivity index (χ0v) is 30.1. The van der Waals surface area contributed by atoms with Gasteiger partial charge in [-0.3, -0.25) is 9.69 Å². The van der Waals surface area contributed by atoms with Gasteiger partial charge in [0.15, 0.2) is 11.5 Å². The number of sulfonamides is 1. The number of amides is 1. The number of fused-ring (bicyclic) bond motifs is 1. The molecule has 0 saturated carbocycles. The molecule has 2 aromatic rings. The van der Waals surface area contributed by atoms with Crippen molar-refractivity contribution in [3.8, 4) is 17.2 Å². The van der Waals surface area contributed by atoms with E-state index in [9.17, 15) is 18.0 Å². The molecule has 4 rings (SSSR count). The predicted molar refractivity (Wildman–Crippen MR) is 178 cm³/mol. The molecular formula is C35H50N2O10S. The normalized spacial score (nSPS) is 18.8. The summed E-state index contributed by atoms with van der Waals surface area (Å²) >= 11 is 0. The van der Waals surface area contributed by atoms with Gasteiger partial charge in [-0.2, -0.15) is 4.31 Å². The number of benzene rings is 2. The molecular weight excluding hydrogens is 640 g/mol. The molecule has 2 aliphatic rings. The average Bonchev–Trinajstić information content (AvgIpc) is 3.56. The Kier molecular flexibility index (Phi) is 11.9. The summed E-state index contributed by atoms with van der Waals surface area (Å²) in [4.78, 5) is 26.7. The van der Waals surface area contributed by atoms with Gasteiger partial charge in [-0.25, -0.2) is 13.2 Å². The van der Waals surface area contributed by atoms with Crippen LogP contribution in [0.3, 0.4) is 0 Å². The minimum absolute atomic E-state index is 0.00905. The highest BCUT2D eigenvalue weighted by Gasteiger charge is 2.52. The summed E-state index contributed by atoms with van der Waals surface area (Å²) in [5, 5.41) is 0. The molecule has 266 valence electrons. The Bertz CT molecular complexity index is 1520. The molecule has 1 fully saturated rings. The smallest absolute Gasteiger partial charge is 0.412 e. The summed E-state index contributed by atoms with van der Waals surface area (Å²) in [6.45, 7) is 13.6. The van der Waals surface area contributed by atoms with Crippen molar-refractivity contribution in [1.29, 1.82) is 0 Å². The number of hydrogen-bond acceptors (Lipinski definition) is 10. The molecule has 13 heteroatoms. The van der Waals surface area contributed by atoms with Crippen LogP contribution in [0.15, 0.2) is 47.4 Å². The second-order valence-corrected chi connectivity index (χ2v) is 15.9. The third-order valence-corrected chi connectivity index (χ3v) is 9.77. The number of ether oxygens (including phenoxy) is 6. The maximum absolute atomic E-state index is 14.1. The molecule has 1 amide bonds. The number of rotatable bonds is 14. The molecule has 0 aliphatic carbocycles. The molecule has 0 bridgehead atoms. The van der Waals surface area contributed by atoms with Crippen molar-refractivity contribution in [2.75, 3.05) is 33.6 Å². The standard InChI is InChI=1S/C35H50N2O10S/c1-24(2)21-36(48(40,41)27-16-17-29-30(20-27)45-23-44-29)22-31-28(37(35(6,7)46-31)33(39)47-34(3,4)5)19-25-12-14-26(15-13-25)43-18-10-9-11-32(38)42-8/h12-17,20,24,28,31H,9-11,18-19,21-23H2,1-8H3/t28-,31+/m0/s1. The van der Waals surface area contributed by atoms with E-state index in [2.05, 4.69) is 4.74 Å². The fourth-order valence-electron chi connectivity index (χ4n) is 5.81. The first kappa shape index (κ1) is 37.3. The highest BCUT2D eigenvalue weighted by atomic mass is 32.2. The predicted octanol–water partition coefficient (Wildman–Crippen LogP) is 5.77. The molecule has 0 unspecified atom stereocenters. The highest BCUT2D eigenvalue weighted by molar-refractivity contribution is 7.89. The van der Waals surface area contributed by atoms with E-state index in [0.29, 0.717) is 49.5 Å². The van der Waals surface area contributed by atoms with Crippen molar-refractivity contribution in [2.24, 2.45) is 5.92 Å². The van der Waals surface area contributed by atoms with E-state index in [1.807, 2.05) is 38.1 Å². The molecule has 2 atom stereocenters. The van der Waals surface area contributed by atoms with Gasteiger partial charge in [0.05, 0.1) is 30.8 Å². The third-order valence-electron chi connectivity index (χ3n) is 7.94. The Hall–Kier alpha value is -3.55. The van der Waals surface area contributed by atoms with Gasteiger partial charge in [0.2, 0.25) is 16.8 Å². The lowest BCUT2D eigenvalue weighted by Crippen LogP contribution is -2.52. The van der Waals surface area contributed by atoms with Crippen LogP contribution in [0.2, 0.25) is 0 Å². The summed E-state index contributed by atoms with van der Waals surface area (Å²) < 4.78 is 63.4. The topological polar surface area (TPSA) is 130 Å². The summed E-state index contributed by atoms with van der Waals surface area (Å²) in [7, 11) is -2.62. The Morgan fingerprint density at radius 3 is 2.38 bits per heavy atom. The second kappa shape index (κ2) is 15.3. The average molecular weight is 691 g/mol. The van der Waals surface area contributed by atoms with Crippen LogP contribution in [0.1, 0.15) is 73.3 Å². The quantitative estimate of drug-likeness (QED) is 0.178. The van der Waals surface area contributed by atoms with Gasteiger partial charge in [0, 0.05) is 25.6 Å². The van der Waals surface area contributed by atoms with Crippen LogP contribution in [0.25, 0.3) is 0 Å². The van der Waals surface area contributed by atoms with Crippen molar-refractivity contribution in [3.05, 3.63) is 48.0 Å². The van der Waals surface area contributed by atoms with E-state index in [-0.39, 0.29) is 36.7 Å². The van der Waals surface area contributed by atoms with E-state index in [0.717, 1.165) is 5.56 Å². The number of hydrogen-bond donors (Lipinski definition) is 0. The van der Waals surface area contributed by atoms with E-state index < -0.39 is 39.6 Å². The van der Waals surface area contributed by atoms with Gasteiger partial charge in [-0.15, -0.1) is 0 Å². The SMILES string of the molecule is COC(=O)CCCCOc1ccc(C[C@H]2[C@@H](CN(CC(C)C)S(=O)(=O)c3ccc4c(c3)OCO4)OC(C)(C)N2C(=O)OC(C)(C)C)cc1. The van der Waals surface area contributed by atoms with Gasteiger partial charge in [-0.05, 0) is 89.6 Å². The summed E-state index contributed by atoms with van der Waals surface area (Å²) in [5.41, 5.74) is -0.929. The molecule has 2 aliphatic heterocycles. The molecule has 2 heterocycles. The second-order valence-electron chi connectivity index (χ2n) is 14.0. The molecule has 0 spiro atoms. The van der Waals surface area contributed by atoms with E-state index in [4.69, 9.17) is 23.7 Å². The van der Waals surface area contributed by atoms with Crippen LogP contribution in [0.4, 0.5) is 4.79 Å². The highest BCUT2D eigenvalue weighted by Crippen LogP contribution is 2.38. The minimum atomic E-state index is -3.99. The van der Waals surface area contributed by atoms with Gasteiger partial charge in [0.1, 0.15) is 17.1 Å². The van der Waals surface area contributed by atoms with Gasteiger partial charge in [-0.1, -0.05) is 26.0 Å². The Morgan fingerprint density at radius 2 is 1.73 bits per heavy atom. The fourth-order valence-corrected chi connectivity index (χ4v) is 7.44. The Labute approximate surface area is 284 Å². The molecule has 12 nitrogen and oxygen atoms in total. The lowest BCUT2D eigenvalue weighted by atomic mass is 9.99. The Balaban J connectivity index is 1.58. The number of esters is 1. The van der Waals surface area contributed by atoms with Crippen LogP contribution >= 0.6 is 0 Å². The van der Waals surface area contributed by atoms with Crippen molar-refractivity contribution in [1.82, 2.24) is 9.21 Å². The molecule has 2 aromatic carbocycles. The molecule has 0 aromatic heterocycles. The number of nitrogens with zero attached hydrogens (tertiary/aromatic N) is 2. The molecule has 0 radical (unpaired) electrons. The lowest BCUT2D eigenvalue weighted by molar-refractivity contribution is -0.140. The number of methoxy groups -OCH3 is 1. The minimum Gasteiger partial charge on any atom is -0.494 e. The van der Waals surface area contributed by atoms with E-state index in [1.54, 1.807) is 45.6 Å². The van der Waals surface area contributed by atoms with E-state index in [1.165, 1.54) is 23.5 Å². The first-order chi connectivity index (χ1) is 22.5. The van der Waals surface area contributed by atoms with Gasteiger partial charge < -0.3 is 28.4 Å². The third kappa shape index (κ3) is 9.54. The van der Waals surface area contributed by atoms with Crippen LogP contribution in [0, 0.1) is 5.92 Å². The van der Waals surface area contributed by atoms with Crippen molar-refractivity contribution in [2.45, 2.75) is 103 Å². The number of unbranched alkanes of at least 4 members (excludes halogenated alkanes) is 1. The number of carbonyl (C=O) groups is 2. The Morgan fingerprint density at radius 1 is 1.04 bits per heavy atom. The largest absolute Gasteiger partial charge is 0.494 e. The zero-order valence-electron chi connectivity index (χ0n) is 29.3. The maximum atomic E-state index is 14.1. The first-order valence-corrected chi connectivity index (χ1v) is 17.8. The van der Waals surface area contributed by atoms with Crippen molar-refractivity contribution in [3.63, 3.8) is 0 Å². The van der Waals surface area contributed by atoms with Crippen LogP contribution in [-0.4, -0.2) is 86.8 Å². The van der Waals surface area contributed by atoms with Gasteiger partial charge >= 0.3 is 12.1 Å². The molecule has 1 saturated heterocycles. The summed E-state index contributed by atoms with van der Waals surface area (Å²) in [5.74, 6) is 1.32. The lowest BCUT2D eigenvalue weighted by Gasteiger charge is -2.35. The first-order valence-electron chi connectivity index (χ1n) is 16.4. The number of carbonyl (C=O) groups excluding carboxylic acids is 2. The van der Waals surface area contributed by atoms with Crippen LogP contribution < -0.4 is 14.2 Å². The summed E-state index contributed by atoms with van der Waals surface area (Å²) in [6, 6.07) is 11.6. The monoisotopic (exact) mass is 690 g/mol. The van der Waals surface area contributed by atoms with Crippen molar-refractivity contribution >= 4 is 22.1 Å². The molecule has 0 N–H and O–H groups in total. The zero-order chi connectivity index (χ0) is 35.3. The van der Waals surface area contributed by atoms with Crippen LogP contribution in [0.5, 0.6) is 17.2 Å². The fraction of sp³-hybridized carbons (Fsp3) is 0.600. The van der Waals surface area contributed by atoms with E-state index >= 15 is 0 Å². The maximum Gasteiger partial charge on any atom is 0.412 e. The van der Waals surface area contributed by atoms with Crippen LogP contribution in [-0.2, 0) is 35.4 Å². The van der Waals surface area contributed by atoms with Crippen molar-refractivity contribution < 1.29 is 46.4 Å².